The summed E-state index contributed by atoms with van der Waals surface area (Å²) in [6, 6.07) is 59.0. The van der Waals surface area contributed by atoms with Crippen molar-refractivity contribution in [2.24, 2.45) is 0 Å². The number of para-hydroxylation sites is 4. The summed E-state index contributed by atoms with van der Waals surface area (Å²) in [6.45, 7) is 0. The summed E-state index contributed by atoms with van der Waals surface area (Å²) in [4.78, 5) is 0. The average Bonchev–Trinajstić information content (AvgIpc) is 3.67. The SMILES string of the molecule is N#Cc1ccc(-c2ccccc2-n2c3ccccc3c3ccc(C#N)cc32)c(-c2cccc(-n3c4ccccc4c4ccccc43)c2)c1. The van der Waals surface area contributed by atoms with Crippen molar-refractivity contribution < 1.29 is 0 Å². The van der Waals surface area contributed by atoms with Gasteiger partial charge in [0.15, 0.2) is 0 Å². The van der Waals surface area contributed by atoms with Crippen molar-refractivity contribution in [3.8, 4) is 45.8 Å². The molecule has 0 aliphatic rings. The molecule has 222 valence electrons. The Morgan fingerprint density at radius 1 is 0.375 bits per heavy atom. The molecule has 4 heteroatoms. The fraction of sp³-hybridized carbons (Fsp3) is 0. The molecule has 48 heavy (non-hydrogen) atoms. The predicted molar refractivity (Wildman–Crippen MR) is 195 cm³/mol. The minimum absolute atomic E-state index is 0.601. The number of nitriles is 2. The van der Waals surface area contributed by atoms with Crippen molar-refractivity contribution in [3.05, 3.63) is 169 Å². The van der Waals surface area contributed by atoms with E-state index in [1.54, 1.807) is 0 Å². The highest BCUT2D eigenvalue weighted by Gasteiger charge is 2.19. The molecule has 0 bridgehead atoms. The minimum atomic E-state index is 0.601. The molecule has 0 amide bonds. The van der Waals surface area contributed by atoms with Crippen LogP contribution in [0, 0.1) is 22.7 Å². The molecule has 7 aromatic carbocycles. The Balaban J connectivity index is 1.30. The van der Waals surface area contributed by atoms with Crippen molar-refractivity contribution >= 4 is 43.6 Å². The van der Waals surface area contributed by atoms with Crippen LogP contribution in [0.3, 0.4) is 0 Å². The number of aromatic nitrogens is 2. The van der Waals surface area contributed by atoms with E-state index in [4.69, 9.17) is 0 Å². The first-order chi connectivity index (χ1) is 23.7. The summed E-state index contributed by atoms with van der Waals surface area (Å²) >= 11 is 0. The Kier molecular flexibility index (Phi) is 6.22. The van der Waals surface area contributed by atoms with E-state index in [-0.39, 0.29) is 0 Å². The van der Waals surface area contributed by atoms with E-state index < -0.39 is 0 Å². The third-order valence-electron chi connectivity index (χ3n) is 9.38. The van der Waals surface area contributed by atoms with E-state index in [0.29, 0.717) is 11.1 Å². The maximum Gasteiger partial charge on any atom is 0.0992 e. The van der Waals surface area contributed by atoms with Crippen molar-refractivity contribution in [2.45, 2.75) is 0 Å². The van der Waals surface area contributed by atoms with Crippen LogP contribution in [0.1, 0.15) is 11.1 Å². The molecule has 0 radical (unpaired) electrons. The van der Waals surface area contributed by atoms with Crippen molar-refractivity contribution in [1.29, 1.82) is 10.5 Å². The highest BCUT2D eigenvalue weighted by Crippen LogP contribution is 2.41. The molecule has 2 heterocycles. The Morgan fingerprint density at radius 3 is 1.62 bits per heavy atom. The van der Waals surface area contributed by atoms with Crippen molar-refractivity contribution in [2.75, 3.05) is 0 Å². The van der Waals surface area contributed by atoms with Gasteiger partial charge in [0, 0.05) is 32.8 Å². The number of rotatable bonds is 4. The van der Waals surface area contributed by atoms with E-state index in [1.165, 1.54) is 10.8 Å². The first-order valence-electron chi connectivity index (χ1n) is 15.9. The molecule has 0 spiro atoms. The van der Waals surface area contributed by atoms with Gasteiger partial charge in [-0.05, 0) is 77.4 Å². The molecule has 0 fully saturated rings. The molecule has 9 aromatic rings. The fourth-order valence-corrected chi connectivity index (χ4v) is 7.30. The summed E-state index contributed by atoms with van der Waals surface area (Å²) in [7, 11) is 0. The zero-order valence-electron chi connectivity index (χ0n) is 25.8. The third-order valence-corrected chi connectivity index (χ3v) is 9.38. The summed E-state index contributed by atoms with van der Waals surface area (Å²) in [5, 5.41) is 24.5. The van der Waals surface area contributed by atoms with Gasteiger partial charge in [-0.25, -0.2) is 0 Å². The van der Waals surface area contributed by atoms with Crippen LogP contribution < -0.4 is 0 Å². The number of benzene rings is 7. The lowest BCUT2D eigenvalue weighted by molar-refractivity contribution is 1.18. The lowest BCUT2D eigenvalue weighted by atomic mass is 9.91. The van der Waals surface area contributed by atoms with Gasteiger partial charge < -0.3 is 9.13 Å². The van der Waals surface area contributed by atoms with Crippen LogP contribution in [0.15, 0.2) is 158 Å². The lowest BCUT2D eigenvalue weighted by Crippen LogP contribution is -1.99. The van der Waals surface area contributed by atoms with Crippen LogP contribution in [-0.2, 0) is 0 Å². The zero-order valence-corrected chi connectivity index (χ0v) is 25.8. The highest BCUT2D eigenvalue weighted by atomic mass is 15.0. The Bertz CT molecular complexity index is 2760. The van der Waals surface area contributed by atoms with Gasteiger partial charge in [-0.15, -0.1) is 0 Å². The largest absolute Gasteiger partial charge is 0.309 e. The molecule has 0 aliphatic carbocycles. The monoisotopic (exact) mass is 610 g/mol. The van der Waals surface area contributed by atoms with Gasteiger partial charge in [0.1, 0.15) is 0 Å². The molecule has 2 aromatic heterocycles. The van der Waals surface area contributed by atoms with Crippen LogP contribution in [-0.4, -0.2) is 9.13 Å². The molecular weight excluding hydrogens is 585 g/mol. The molecule has 9 rings (SSSR count). The van der Waals surface area contributed by atoms with Crippen LogP contribution in [0.2, 0.25) is 0 Å². The summed E-state index contributed by atoms with van der Waals surface area (Å²) in [5.74, 6) is 0. The number of fused-ring (bicyclic) bond motifs is 6. The number of nitrogens with zero attached hydrogens (tertiary/aromatic N) is 4. The van der Waals surface area contributed by atoms with Crippen LogP contribution in [0.25, 0.3) is 77.2 Å². The van der Waals surface area contributed by atoms with E-state index >= 15 is 0 Å². The molecule has 0 N–H and O–H groups in total. The molecule has 0 atom stereocenters. The van der Waals surface area contributed by atoms with Gasteiger partial charge in [0.05, 0.1) is 51.0 Å². The van der Waals surface area contributed by atoms with Crippen LogP contribution >= 0.6 is 0 Å². The summed E-state index contributed by atoms with van der Waals surface area (Å²) < 4.78 is 4.58. The second-order valence-electron chi connectivity index (χ2n) is 12.0. The van der Waals surface area contributed by atoms with Gasteiger partial charge in [-0.2, -0.15) is 10.5 Å². The minimum Gasteiger partial charge on any atom is -0.309 e. The summed E-state index contributed by atoms with van der Waals surface area (Å²) in [5.41, 5.74) is 11.7. The smallest absolute Gasteiger partial charge is 0.0992 e. The third kappa shape index (κ3) is 4.14. The first-order valence-corrected chi connectivity index (χ1v) is 15.9. The van der Waals surface area contributed by atoms with Gasteiger partial charge in [-0.1, -0.05) is 97.1 Å². The molecule has 0 saturated carbocycles. The second-order valence-corrected chi connectivity index (χ2v) is 12.0. The van der Waals surface area contributed by atoms with Gasteiger partial charge >= 0.3 is 0 Å². The molecule has 4 nitrogen and oxygen atoms in total. The Morgan fingerprint density at radius 2 is 0.938 bits per heavy atom. The average molecular weight is 611 g/mol. The van der Waals surface area contributed by atoms with E-state index in [2.05, 4.69) is 149 Å². The Labute approximate surface area is 277 Å². The molecule has 0 unspecified atom stereocenters. The van der Waals surface area contributed by atoms with Crippen molar-refractivity contribution in [3.63, 3.8) is 0 Å². The molecule has 0 saturated heterocycles. The number of hydrogen-bond acceptors (Lipinski definition) is 2. The topological polar surface area (TPSA) is 57.4 Å². The normalized spacial score (nSPS) is 11.3. The lowest BCUT2D eigenvalue weighted by Gasteiger charge is -2.18. The van der Waals surface area contributed by atoms with Gasteiger partial charge in [-0.3, -0.25) is 0 Å². The fourth-order valence-electron chi connectivity index (χ4n) is 7.30. The Hall–Kier alpha value is -6.88. The standard InChI is InChI=1S/C44H26N4/c45-27-29-20-22-33(34-12-1-7-18-42(34)48-43-19-8-4-15-37(43)38-23-21-30(28-46)25-44(38)48)39(24-29)31-10-9-11-32(26-31)47-40-16-5-2-13-35(40)36-14-3-6-17-41(36)47/h1-26H. The van der Waals surface area contributed by atoms with Crippen LogP contribution in [0.5, 0.6) is 0 Å². The van der Waals surface area contributed by atoms with Crippen molar-refractivity contribution in [1.82, 2.24) is 9.13 Å². The maximum atomic E-state index is 10.0. The predicted octanol–water partition coefficient (Wildman–Crippen LogP) is 11.0. The molecular formula is C44H26N4. The van der Waals surface area contributed by atoms with E-state index in [1.807, 2.05) is 30.3 Å². The second kappa shape index (κ2) is 10.9. The maximum absolute atomic E-state index is 10.0. The van der Waals surface area contributed by atoms with E-state index in [9.17, 15) is 10.5 Å². The van der Waals surface area contributed by atoms with E-state index in [0.717, 1.165) is 66.5 Å². The quantitative estimate of drug-likeness (QED) is 0.199. The summed E-state index contributed by atoms with van der Waals surface area (Å²) in [6.07, 6.45) is 0. The molecule has 0 aliphatic heterocycles. The first kappa shape index (κ1) is 27.4. The van der Waals surface area contributed by atoms with Gasteiger partial charge in [0.25, 0.3) is 0 Å². The van der Waals surface area contributed by atoms with Gasteiger partial charge in [0.2, 0.25) is 0 Å². The zero-order chi connectivity index (χ0) is 32.2. The van der Waals surface area contributed by atoms with Crippen LogP contribution in [0.4, 0.5) is 0 Å². The number of hydrogen-bond donors (Lipinski definition) is 0. The highest BCUT2D eigenvalue weighted by molar-refractivity contribution is 6.11.